The second kappa shape index (κ2) is 5.36. The van der Waals surface area contributed by atoms with Gasteiger partial charge in [0.15, 0.2) is 0 Å². The largest absolute Gasteiger partial charge is 0.364 e. The predicted molar refractivity (Wildman–Crippen MR) is 66.5 cm³/mol. The number of rotatable bonds is 2. The van der Waals surface area contributed by atoms with Gasteiger partial charge in [-0.05, 0) is 38.5 Å². The third-order valence-corrected chi connectivity index (χ3v) is 4.07. The van der Waals surface area contributed by atoms with E-state index < -0.39 is 0 Å². The molecule has 2 N–H and O–H groups in total. The topological polar surface area (TPSA) is 55.6 Å². The number of nitrogens with zero attached hydrogens (tertiary/aromatic N) is 1. The van der Waals surface area contributed by atoms with Crippen LogP contribution in [0.4, 0.5) is 0 Å². The summed E-state index contributed by atoms with van der Waals surface area (Å²) in [7, 11) is 0. The minimum absolute atomic E-state index is 0.0861. The number of hydrogen-bond acceptors (Lipinski definition) is 3. The molecule has 0 aromatic heterocycles. The van der Waals surface area contributed by atoms with Gasteiger partial charge in [-0.3, -0.25) is 4.79 Å². The van der Waals surface area contributed by atoms with Crippen LogP contribution in [0, 0.1) is 5.92 Å². The van der Waals surface area contributed by atoms with Gasteiger partial charge in [0, 0.05) is 19.1 Å². The summed E-state index contributed by atoms with van der Waals surface area (Å²) in [6.45, 7) is 5.81. The monoisotopic (exact) mass is 240 g/mol. The Bertz CT molecular complexity index is 283. The number of carbonyl (C=O) groups is 1. The molecule has 4 unspecified atom stereocenters. The van der Waals surface area contributed by atoms with Crippen molar-refractivity contribution in [1.82, 2.24) is 4.90 Å². The molecule has 98 valence electrons. The first-order valence-electron chi connectivity index (χ1n) is 6.77. The lowest BCUT2D eigenvalue weighted by Crippen LogP contribution is -2.48. The highest BCUT2D eigenvalue weighted by Crippen LogP contribution is 2.26. The van der Waals surface area contributed by atoms with E-state index in [0.717, 1.165) is 38.1 Å². The average molecular weight is 240 g/mol. The van der Waals surface area contributed by atoms with Gasteiger partial charge < -0.3 is 15.4 Å². The van der Waals surface area contributed by atoms with Crippen LogP contribution in [0.1, 0.15) is 39.5 Å². The van der Waals surface area contributed by atoms with Crippen molar-refractivity contribution in [2.24, 2.45) is 11.7 Å². The van der Waals surface area contributed by atoms with Crippen LogP contribution >= 0.6 is 0 Å². The zero-order valence-electron chi connectivity index (χ0n) is 10.9. The van der Waals surface area contributed by atoms with E-state index in [9.17, 15) is 4.79 Å². The summed E-state index contributed by atoms with van der Waals surface area (Å²) in [5, 5.41) is 0. The Morgan fingerprint density at radius 1 is 1.35 bits per heavy atom. The lowest BCUT2D eigenvalue weighted by Gasteiger charge is -2.37. The normalized spacial score (nSPS) is 38.4. The first-order valence-corrected chi connectivity index (χ1v) is 6.77. The van der Waals surface area contributed by atoms with E-state index in [-0.39, 0.29) is 18.1 Å². The highest BCUT2D eigenvalue weighted by molar-refractivity contribution is 5.81. The van der Waals surface area contributed by atoms with Crippen molar-refractivity contribution >= 4 is 5.91 Å². The lowest BCUT2D eigenvalue weighted by atomic mass is 9.93. The highest BCUT2D eigenvalue weighted by atomic mass is 16.5. The molecule has 2 aliphatic heterocycles. The number of carbonyl (C=O) groups excluding carboxylic acids is 1. The van der Waals surface area contributed by atoms with Crippen LogP contribution in [0.5, 0.6) is 0 Å². The zero-order chi connectivity index (χ0) is 12.4. The third-order valence-electron chi connectivity index (χ3n) is 4.07. The van der Waals surface area contributed by atoms with Crippen LogP contribution in [-0.2, 0) is 9.53 Å². The van der Waals surface area contributed by atoms with Gasteiger partial charge >= 0.3 is 0 Å². The SMILES string of the molecule is CC1CCN(C(=O)C2CCC(CN)O2)C(C)C1. The average Bonchev–Trinajstić information content (AvgIpc) is 2.76. The van der Waals surface area contributed by atoms with Gasteiger partial charge in [0.25, 0.3) is 5.91 Å². The minimum Gasteiger partial charge on any atom is -0.364 e. The van der Waals surface area contributed by atoms with Gasteiger partial charge in [0.2, 0.25) is 0 Å². The predicted octanol–water partition coefficient (Wildman–Crippen LogP) is 1.14. The van der Waals surface area contributed by atoms with E-state index in [0.29, 0.717) is 12.6 Å². The number of piperidine rings is 1. The molecule has 4 atom stereocenters. The summed E-state index contributed by atoms with van der Waals surface area (Å²) in [6.07, 6.45) is 3.83. The van der Waals surface area contributed by atoms with Crippen LogP contribution < -0.4 is 5.73 Å². The molecule has 0 spiro atoms. The Kier molecular flexibility index (Phi) is 4.05. The molecular formula is C13H24N2O2. The molecule has 2 rings (SSSR count). The fourth-order valence-electron chi connectivity index (χ4n) is 2.98. The van der Waals surface area contributed by atoms with E-state index in [4.69, 9.17) is 10.5 Å². The molecule has 0 aliphatic carbocycles. The number of ether oxygens (including phenoxy) is 1. The van der Waals surface area contributed by atoms with E-state index in [1.165, 1.54) is 0 Å². The van der Waals surface area contributed by atoms with Crippen molar-refractivity contribution in [3.63, 3.8) is 0 Å². The van der Waals surface area contributed by atoms with Crippen molar-refractivity contribution in [2.75, 3.05) is 13.1 Å². The quantitative estimate of drug-likeness (QED) is 0.787. The molecule has 2 heterocycles. The maximum absolute atomic E-state index is 12.3. The first kappa shape index (κ1) is 12.8. The second-order valence-corrected chi connectivity index (χ2v) is 5.57. The molecule has 0 radical (unpaired) electrons. The summed E-state index contributed by atoms with van der Waals surface area (Å²) in [5.41, 5.74) is 5.57. The van der Waals surface area contributed by atoms with E-state index in [2.05, 4.69) is 13.8 Å². The fraction of sp³-hybridized carbons (Fsp3) is 0.923. The van der Waals surface area contributed by atoms with Gasteiger partial charge in [-0.1, -0.05) is 6.92 Å². The Hall–Kier alpha value is -0.610. The number of amides is 1. The lowest BCUT2D eigenvalue weighted by molar-refractivity contribution is -0.146. The van der Waals surface area contributed by atoms with Crippen molar-refractivity contribution in [3.8, 4) is 0 Å². The van der Waals surface area contributed by atoms with E-state index >= 15 is 0 Å². The molecule has 0 aromatic rings. The highest BCUT2D eigenvalue weighted by Gasteiger charge is 2.36. The smallest absolute Gasteiger partial charge is 0.251 e. The van der Waals surface area contributed by atoms with Gasteiger partial charge in [-0.2, -0.15) is 0 Å². The maximum Gasteiger partial charge on any atom is 0.251 e. The Balaban J connectivity index is 1.91. The van der Waals surface area contributed by atoms with Crippen molar-refractivity contribution in [3.05, 3.63) is 0 Å². The number of nitrogens with two attached hydrogens (primary N) is 1. The van der Waals surface area contributed by atoms with Gasteiger partial charge in [0.05, 0.1) is 6.10 Å². The molecular weight excluding hydrogens is 216 g/mol. The molecule has 0 bridgehead atoms. The molecule has 2 aliphatic rings. The fourth-order valence-corrected chi connectivity index (χ4v) is 2.98. The zero-order valence-corrected chi connectivity index (χ0v) is 10.9. The summed E-state index contributed by atoms with van der Waals surface area (Å²) in [6, 6.07) is 0.353. The molecule has 17 heavy (non-hydrogen) atoms. The summed E-state index contributed by atoms with van der Waals surface area (Å²) in [5.74, 6) is 0.913. The van der Waals surface area contributed by atoms with Gasteiger partial charge in [-0.25, -0.2) is 0 Å². The summed E-state index contributed by atoms with van der Waals surface area (Å²) >= 11 is 0. The van der Waals surface area contributed by atoms with Crippen LogP contribution in [0.2, 0.25) is 0 Å². The third kappa shape index (κ3) is 2.80. The summed E-state index contributed by atoms with van der Waals surface area (Å²) < 4.78 is 5.68. The van der Waals surface area contributed by atoms with E-state index in [1.807, 2.05) is 4.90 Å². The molecule has 0 saturated carbocycles. The number of likely N-dealkylation sites (tertiary alicyclic amines) is 1. The van der Waals surface area contributed by atoms with Crippen LogP contribution in [0.25, 0.3) is 0 Å². The minimum atomic E-state index is -0.237. The Labute approximate surface area is 103 Å². The van der Waals surface area contributed by atoms with Crippen molar-refractivity contribution in [2.45, 2.75) is 57.8 Å². The molecule has 4 heteroatoms. The van der Waals surface area contributed by atoms with E-state index in [1.54, 1.807) is 0 Å². The molecule has 1 amide bonds. The molecule has 0 aromatic carbocycles. The Morgan fingerprint density at radius 2 is 2.12 bits per heavy atom. The van der Waals surface area contributed by atoms with Crippen molar-refractivity contribution < 1.29 is 9.53 Å². The Morgan fingerprint density at radius 3 is 2.71 bits per heavy atom. The molecule has 2 fully saturated rings. The first-order chi connectivity index (χ1) is 8.11. The van der Waals surface area contributed by atoms with Crippen molar-refractivity contribution in [1.29, 1.82) is 0 Å². The summed E-state index contributed by atoms with van der Waals surface area (Å²) in [4.78, 5) is 14.3. The standard InChI is InChI=1S/C13H24N2O2/c1-9-5-6-15(10(2)7-9)13(16)12-4-3-11(8-14)17-12/h9-12H,3-8,14H2,1-2H3. The van der Waals surface area contributed by atoms with Crippen LogP contribution in [-0.4, -0.2) is 42.1 Å². The van der Waals surface area contributed by atoms with Gasteiger partial charge in [-0.15, -0.1) is 0 Å². The molecule has 4 nitrogen and oxygen atoms in total. The van der Waals surface area contributed by atoms with Gasteiger partial charge in [0.1, 0.15) is 6.10 Å². The second-order valence-electron chi connectivity index (χ2n) is 5.57. The molecule has 2 saturated heterocycles. The maximum atomic E-state index is 12.3. The van der Waals surface area contributed by atoms with Crippen LogP contribution in [0.15, 0.2) is 0 Å². The van der Waals surface area contributed by atoms with Crippen LogP contribution in [0.3, 0.4) is 0 Å². The number of hydrogen-bond donors (Lipinski definition) is 1.